The molecule has 3 aromatic carbocycles. The first-order valence-corrected chi connectivity index (χ1v) is 8.71. The van der Waals surface area contributed by atoms with Gasteiger partial charge in [-0.2, -0.15) is 0 Å². The fraction of sp³-hybridized carbons (Fsp3) is 0.0455. The predicted molar refractivity (Wildman–Crippen MR) is 104 cm³/mol. The van der Waals surface area contributed by atoms with Crippen LogP contribution in [0, 0.1) is 5.82 Å². The Morgan fingerprint density at radius 3 is 2.07 bits per heavy atom. The van der Waals surface area contributed by atoms with E-state index in [4.69, 9.17) is 4.74 Å². The summed E-state index contributed by atoms with van der Waals surface area (Å²) in [6, 6.07) is 20.1. The minimum absolute atomic E-state index is 0.126. The quantitative estimate of drug-likeness (QED) is 0.499. The fourth-order valence-electron chi connectivity index (χ4n) is 2.53. The summed E-state index contributed by atoms with van der Waals surface area (Å²) in [5.74, 6) is -1.67. The molecule has 0 unspecified atom stereocenters. The van der Waals surface area contributed by atoms with Gasteiger partial charge in [-0.1, -0.05) is 48.5 Å². The smallest absolute Gasteiger partial charge is 0.276 e. The topological polar surface area (TPSA) is 84.5 Å². The monoisotopic (exact) mass is 392 g/mol. The number of nitrogens with one attached hydrogen (secondary N) is 2. The van der Waals surface area contributed by atoms with Crippen LogP contribution in [0.3, 0.4) is 0 Å². The molecule has 146 valence electrons. The molecule has 0 aliphatic rings. The van der Waals surface area contributed by atoms with Gasteiger partial charge in [0.05, 0.1) is 5.56 Å². The molecule has 6 nitrogen and oxygen atoms in total. The Morgan fingerprint density at radius 2 is 1.38 bits per heavy atom. The number of halogens is 1. The van der Waals surface area contributed by atoms with Gasteiger partial charge in [0, 0.05) is 11.1 Å². The van der Waals surface area contributed by atoms with Crippen LogP contribution in [0.5, 0.6) is 5.75 Å². The lowest BCUT2D eigenvalue weighted by molar-refractivity contribution is -0.123. The van der Waals surface area contributed by atoms with Crippen LogP contribution in [0.25, 0.3) is 0 Å². The number of ketones is 1. The van der Waals surface area contributed by atoms with Gasteiger partial charge in [-0.3, -0.25) is 25.2 Å². The van der Waals surface area contributed by atoms with E-state index >= 15 is 0 Å². The van der Waals surface area contributed by atoms with Gasteiger partial charge in [-0.25, -0.2) is 4.39 Å². The number of hydrogen-bond acceptors (Lipinski definition) is 4. The maximum absolute atomic E-state index is 12.8. The second kappa shape index (κ2) is 9.27. The number of hydrogen-bond donors (Lipinski definition) is 2. The number of rotatable bonds is 6. The lowest BCUT2D eigenvalue weighted by atomic mass is 9.98. The molecule has 0 aromatic heterocycles. The Labute approximate surface area is 166 Å². The molecule has 0 saturated carbocycles. The maximum Gasteiger partial charge on any atom is 0.276 e. The van der Waals surface area contributed by atoms with Gasteiger partial charge in [0.25, 0.3) is 11.8 Å². The number of benzene rings is 3. The Hall–Kier alpha value is -4.00. The molecule has 0 aliphatic heterocycles. The van der Waals surface area contributed by atoms with Crippen molar-refractivity contribution >= 4 is 17.6 Å². The summed E-state index contributed by atoms with van der Waals surface area (Å²) in [5.41, 5.74) is 5.27. The van der Waals surface area contributed by atoms with Crippen LogP contribution in [-0.2, 0) is 4.79 Å². The van der Waals surface area contributed by atoms with Crippen molar-refractivity contribution in [1.29, 1.82) is 0 Å². The van der Waals surface area contributed by atoms with Crippen LogP contribution in [-0.4, -0.2) is 24.2 Å². The molecular formula is C22H17FN2O4. The van der Waals surface area contributed by atoms with Crippen LogP contribution in [0.2, 0.25) is 0 Å². The van der Waals surface area contributed by atoms with E-state index in [1.165, 1.54) is 30.3 Å². The first-order valence-electron chi connectivity index (χ1n) is 8.71. The van der Waals surface area contributed by atoms with Gasteiger partial charge < -0.3 is 4.74 Å². The van der Waals surface area contributed by atoms with Crippen LogP contribution in [0.1, 0.15) is 26.3 Å². The molecule has 2 amide bonds. The van der Waals surface area contributed by atoms with Crippen molar-refractivity contribution in [2.75, 3.05) is 6.61 Å². The maximum atomic E-state index is 12.8. The fourth-order valence-corrected chi connectivity index (χ4v) is 2.53. The van der Waals surface area contributed by atoms with Crippen LogP contribution < -0.4 is 15.6 Å². The summed E-state index contributed by atoms with van der Waals surface area (Å²) in [6.45, 7) is -0.378. The van der Waals surface area contributed by atoms with Crippen LogP contribution >= 0.6 is 0 Å². The second-order valence-corrected chi connectivity index (χ2v) is 5.99. The zero-order valence-corrected chi connectivity index (χ0v) is 15.2. The van der Waals surface area contributed by atoms with Crippen molar-refractivity contribution in [3.8, 4) is 5.75 Å². The zero-order chi connectivity index (χ0) is 20.6. The highest BCUT2D eigenvalue weighted by Crippen LogP contribution is 2.15. The Bertz CT molecular complexity index is 1020. The summed E-state index contributed by atoms with van der Waals surface area (Å²) in [5, 5.41) is 0. The normalized spacial score (nSPS) is 10.1. The summed E-state index contributed by atoms with van der Waals surface area (Å²) >= 11 is 0. The van der Waals surface area contributed by atoms with Crippen molar-refractivity contribution in [3.05, 3.63) is 101 Å². The van der Waals surface area contributed by atoms with Gasteiger partial charge >= 0.3 is 0 Å². The van der Waals surface area contributed by atoms with Gasteiger partial charge in [0.1, 0.15) is 11.6 Å². The van der Waals surface area contributed by atoms with E-state index in [1.807, 2.05) is 0 Å². The summed E-state index contributed by atoms with van der Waals surface area (Å²) in [4.78, 5) is 37.0. The summed E-state index contributed by atoms with van der Waals surface area (Å²) in [7, 11) is 0. The van der Waals surface area contributed by atoms with Gasteiger partial charge in [0.2, 0.25) is 0 Å². The van der Waals surface area contributed by atoms with Gasteiger partial charge in [-0.15, -0.1) is 0 Å². The van der Waals surface area contributed by atoms with Crippen molar-refractivity contribution < 1.29 is 23.5 Å². The molecule has 0 bridgehead atoms. The van der Waals surface area contributed by atoms with E-state index in [9.17, 15) is 18.8 Å². The van der Waals surface area contributed by atoms with Crippen molar-refractivity contribution in [3.63, 3.8) is 0 Å². The summed E-state index contributed by atoms with van der Waals surface area (Å²) in [6.07, 6.45) is 0. The molecule has 0 radical (unpaired) electrons. The average molecular weight is 392 g/mol. The number of amides is 2. The molecule has 3 aromatic rings. The third-order valence-electron chi connectivity index (χ3n) is 3.95. The summed E-state index contributed by atoms with van der Waals surface area (Å²) < 4.78 is 18.0. The van der Waals surface area contributed by atoms with E-state index in [2.05, 4.69) is 10.9 Å². The molecular weight excluding hydrogens is 375 g/mol. The van der Waals surface area contributed by atoms with Crippen molar-refractivity contribution in [2.24, 2.45) is 0 Å². The highest BCUT2D eigenvalue weighted by molar-refractivity contribution is 6.15. The number of ether oxygens (including phenoxy) is 1. The van der Waals surface area contributed by atoms with E-state index < -0.39 is 17.6 Å². The number of carbonyl (C=O) groups excluding carboxylic acids is 3. The lowest BCUT2D eigenvalue weighted by Gasteiger charge is -2.11. The van der Waals surface area contributed by atoms with Gasteiger partial charge in [-0.05, 0) is 30.3 Å². The van der Waals surface area contributed by atoms with E-state index in [0.29, 0.717) is 11.3 Å². The molecule has 0 heterocycles. The zero-order valence-electron chi connectivity index (χ0n) is 15.2. The van der Waals surface area contributed by atoms with Crippen LogP contribution in [0.4, 0.5) is 4.39 Å². The number of carbonyl (C=O) groups is 3. The Balaban J connectivity index is 1.60. The van der Waals surface area contributed by atoms with Crippen molar-refractivity contribution in [1.82, 2.24) is 10.9 Å². The highest BCUT2D eigenvalue weighted by atomic mass is 19.1. The first kappa shape index (κ1) is 19.8. The molecule has 3 rings (SSSR count). The highest BCUT2D eigenvalue weighted by Gasteiger charge is 2.18. The minimum atomic E-state index is -0.639. The Kier molecular flexibility index (Phi) is 6.32. The largest absolute Gasteiger partial charge is 0.484 e. The van der Waals surface area contributed by atoms with E-state index in [-0.39, 0.29) is 23.5 Å². The van der Waals surface area contributed by atoms with Crippen molar-refractivity contribution in [2.45, 2.75) is 0 Å². The third kappa shape index (κ3) is 5.26. The molecule has 0 spiro atoms. The molecule has 2 N–H and O–H groups in total. The SMILES string of the molecule is O=C(COc1ccc(F)cc1)NNC(=O)c1ccccc1C(=O)c1ccccc1. The molecule has 0 saturated heterocycles. The first-order chi connectivity index (χ1) is 14.0. The van der Waals surface area contributed by atoms with E-state index in [1.54, 1.807) is 48.5 Å². The van der Waals surface area contributed by atoms with Crippen LogP contribution in [0.15, 0.2) is 78.9 Å². The Morgan fingerprint density at radius 1 is 0.759 bits per heavy atom. The molecule has 0 fully saturated rings. The molecule has 7 heteroatoms. The van der Waals surface area contributed by atoms with Gasteiger partial charge in [0.15, 0.2) is 12.4 Å². The molecule has 29 heavy (non-hydrogen) atoms. The molecule has 0 aliphatic carbocycles. The minimum Gasteiger partial charge on any atom is -0.484 e. The number of hydrazine groups is 1. The average Bonchev–Trinajstić information content (AvgIpc) is 2.77. The second-order valence-electron chi connectivity index (χ2n) is 5.99. The third-order valence-corrected chi connectivity index (χ3v) is 3.95. The molecule has 0 atom stereocenters. The standard InChI is InChI=1S/C22H17FN2O4/c23-16-10-12-17(13-11-16)29-14-20(26)24-25-22(28)19-9-5-4-8-18(19)21(27)15-6-2-1-3-7-15/h1-13H,14H2,(H,24,26)(H,25,28). The van der Waals surface area contributed by atoms with E-state index in [0.717, 1.165) is 0 Å². The lowest BCUT2D eigenvalue weighted by Crippen LogP contribution is -2.44. The predicted octanol–water partition coefficient (Wildman–Crippen LogP) is 2.90.